The van der Waals surface area contributed by atoms with Crippen molar-refractivity contribution in [3.05, 3.63) is 27.7 Å². The van der Waals surface area contributed by atoms with Gasteiger partial charge in [0.05, 0.1) is 10.6 Å². The minimum Gasteiger partial charge on any atom is -0.483 e. The number of amides is 1. The van der Waals surface area contributed by atoms with Gasteiger partial charge in [0.25, 0.3) is 5.91 Å². The molecule has 0 unspecified atom stereocenters. The summed E-state index contributed by atoms with van der Waals surface area (Å²) in [4.78, 5) is 11.8. The molecule has 0 aromatic heterocycles. The average molecular weight is 363 g/mol. The van der Waals surface area contributed by atoms with Gasteiger partial charge in [0.15, 0.2) is 6.61 Å². The third-order valence-electron chi connectivity index (χ3n) is 3.31. The molecule has 0 bridgehead atoms. The maximum Gasteiger partial charge on any atom is 0.258 e. The second-order valence-electron chi connectivity index (χ2n) is 4.94. The number of hydrogen-bond acceptors (Lipinski definition) is 3. The Bertz CT molecular complexity index is 475. The summed E-state index contributed by atoms with van der Waals surface area (Å²) in [6.07, 6.45) is 2.91. The van der Waals surface area contributed by atoms with Gasteiger partial charge < -0.3 is 15.2 Å². The smallest absolute Gasteiger partial charge is 0.258 e. The van der Waals surface area contributed by atoms with Gasteiger partial charge >= 0.3 is 0 Å². The van der Waals surface area contributed by atoms with E-state index in [2.05, 4.69) is 21.2 Å². The maximum atomic E-state index is 11.8. The lowest BCUT2D eigenvalue weighted by atomic mass is 9.93. The number of aliphatic hydroxyl groups excluding tert-OH is 1. The number of nitrogens with one attached hydrogen (secondary N) is 1. The third kappa shape index (κ3) is 4.65. The fourth-order valence-electron chi connectivity index (χ4n) is 2.23. The van der Waals surface area contributed by atoms with Gasteiger partial charge in [-0.2, -0.15) is 0 Å². The zero-order valence-corrected chi connectivity index (χ0v) is 13.3. The molecule has 0 saturated heterocycles. The van der Waals surface area contributed by atoms with Gasteiger partial charge in [-0.05, 0) is 59.8 Å². The molecule has 2 N–H and O–H groups in total. The van der Waals surface area contributed by atoms with E-state index < -0.39 is 0 Å². The first-order valence-corrected chi connectivity index (χ1v) is 7.77. The van der Waals surface area contributed by atoms with Crippen molar-refractivity contribution in [2.24, 2.45) is 0 Å². The van der Waals surface area contributed by atoms with Gasteiger partial charge in [-0.1, -0.05) is 11.6 Å². The lowest BCUT2D eigenvalue weighted by molar-refractivity contribution is -0.124. The summed E-state index contributed by atoms with van der Waals surface area (Å²) in [5, 5.41) is 12.9. The van der Waals surface area contributed by atoms with E-state index in [1.54, 1.807) is 18.2 Å². The summed E-state index contributed by atoms with van der Waals surface area (Å²) in [7, 11) is 0. The summed E-state index contributed by atoms with van der Waals surface area (Å²) in [5.74, 6) is 0.442. The standard InChI is InChI=1S/C14H17BrClNO3/c15-12-7-9(16)1-6-13(12)20-8-14(19)17-10-2-4-11(18)5-3-10/h1,6-7,10-11,18H,2-5,8H2,(H,17,19). The number of halogens is 2. The first-order valence-electron chi connectivity index (χ1n) is 6.60. The molecular formula is C14H17BrClNO3. The molecule has 1 aromatic carbocycles. The predicted molar refractivity (Wildman–Crippen MR) is 81.1 cm³/mol. The molecule has 0 heterocycles. The van der Waals surface area contributed by atoms with Gasteiger partial charge in [0.1, 0.15) is 5.75 Å². The molecular weight excluding hydrogens is 346 g/mol. The third-order valence-corrected chi connectivity index (χ3v) is 4.17. The van der Waals surface area contributed by atoms with Crippen LogP contribution in [0.2, 0.25) is 5.02 Å². The molecule has 1 aliphatic rings. The van der Waals surface area contributed by atoms with Crippen LogP contribution in [0.4, 0.5) is 0 Å². The Kier molecular flexibility index (Phi) is 5.69. The van der Waals surface area contributed by atoms with Crippen molar-refractivity contribution in [3.8, 4) is 5.75 Å². The van der Waals surface area contributed by atoms with Gasteiger partial charge in [0.2, 0.25) is 0 Å². The second-order valence-corrected chi connectivity index (χ2v) is 6.23. The van der Waals surface area contributed by atoms with Gasteiger partial charge in [-0.25, -0.2) is 0 Å². The van der Waals surface area contributed by atoms with Gasteiger partial charge in [-0.15, -0.1) is 0 Å². The molecule has 1 saturated carbocycles. The minimum atomic E-state index is -0.218. The summed E-state index contributed by atoms with van der Waals surface area (Å²) >= 11 is 9.17. The van der Waals surface area contributed by atoms with Crippen molar-refractivity contribution in [3.63, 3.8) is 0 Å². The number of hydrogen-bond donors (Lipinski definition) is 2. The van der Waals surface area contributed by atoms with E-state index in [1.165, 1.54) is 0 Å². The number of carbonyl (C=O) groups is 1. The van der Waals surface area contributed by atoms with Crippen LogP contribution < -0.4 is 10.1 Å². The van der Waals surface area contributed by atoms with Crippen molar-refractivity contribution < 1.29 is 14.6 Å². The zero-order chi connectivity index (χ0) is 14.5. The number of ether oxygens (including phenoxy) is 1. The molecule has 1 fully saturated rings. The van der Waals surface area contributed by atoms with E-state index in [9.17, 15) is 9.90 Å². The zero-order valence-electron chi connectivity index (χ0n) is 10.9. The number of carbonyl (C=O) groups excluding carboxylic acids is 1. The second kappa shape index (κ2) is 7.29. The highest BCUT2D eigenvalue weighted by molar-refractivity contribution is 9.10. The predicted octanol–water partition coefficient (Wildman–Crippen LogP) is 2.90. The highest BCUT2D eigenvalue weighted by Crippen LogP contribution is 2.27. The number of benzene rings is 1. The first kappa shape index (κ1) is 15.6. The highest BCUT2D eigenvalue weighted by Gasteiger charge is 2.20. The minimum absolute atomic E-state index is 0.0285. The molecule has 0 radical (unpaired) electrons. The monoisotopic (exact) mass is 361 g/mol. The fraction of sp³-hybridized carbons (Fsp3) is 0.500. The van der Waals surface area contributed by atoms with Gasteiger partial charge in [0, 0.05) is 11.1 Å². The van der Waals surface area contributed by atoms with E-state index in [4.69, 9.17) is 16.3 Å². The molecule has 4 nitrogen and oxygen atoms in total. The van der Waals surface area contributed by atoms with Crippen molar-refractivity contribution in [1.29, 1.82) is 0 Å². The van der Waals surface area contributed by atoms with Crippen molar-refractivity contribution in [1.82, 2.24) is 5.32 Å². The van der Waals surface area contributed by atoms with E-state index in [-0.39, 0.29) is 24.7 Å². The maximum absolute atomic E-state index is 11.8. The summed E-state index contributed by atoms with van der Waals surface area (Å²) < 4.78 is 6.17. The molecule has 0 aliphatic heterocycles. The van der Waals surface area contributed by atoms with Crippen LogP contribution in [0.3, 0.4) is 0 Å². The van der Waals surface area contributed by atoms with Crippen molar-refractivity contribution in [2.75, 3.05) is 6.61 Å². The van der Waals surface area contributed by atoms with Crippen LogP contribution in [-0.4, -0.2) is 29.8 Å². The fourth-order valence-corrected chi connectivity index (χ4v) is 3.02. The summed E-state index contributed by atoms with van der Waals surface area (Å²) in [5.41, 5.74) is 0. The molecule has 0 spiro atoms. The number of aliphatic hydroxyl groups is 1. The quantitative estimate of drug-likeness (QED) is 0.866. The average Bonchev–Trinajstić information content (AvgIpc) is 2.40. The largest absolute Gasteiger partial charge is 0.483 e. The number of rotatable bonds is 4. The molecule has 6 heteroatoms. The van der Waals surface area contributed by atoms with Crippen LogP contribution in [0.15, 0.2) is 22.7 Å². The summed E-state index contributed by atoms with van der Waals surface area (Å²) in [6.45, 7) is -0.0285. The lowest BCUT2D eigenvalue weighted by Gasteiger charge is -2.26. The molecule has 1 amide bonds. The normalized spacial score (nSPS) is 22.4. The topological polar surface area (TPSA) is 58.6 Å². The van der Waals surface area contributed by atoms with Crippen molar-refractivity contribution in [2.45, 2.75) is 37.8 Å². The van der Waals surface area contributed by atoms with Crippen LogP contribution in [0.5, 0.6) is 5.75 Å². The molecule has 20 heavy (non-hydrogen) atoms. The Hall–Kier alpha value is -0.780. The van der Waals surface area contributed by atoms with Crippen LogP contribution in [0.1, 0.15) is 25.7 Å². The highest BCUT2D eigenvalue weighted by atomic mass is 79.9. The first-order chi connectivity index (χ1) is 9.54. The molecule has 110 valence electrons. The molecule has 0 atom stereocenters. The Morgan fingerprint density at radius 2 is 2.10 bits per heavy atom. The van der Waals surface area contributed by atoms with Crippen LogP contribution in [0, 0.1) is 0 Å². The van der Waals surface area contributed by atoms with Crippen LogP contribution in [-0.2, 0) is 4.79 Å². The SMILES string of the molecule is O=C(COc1ccc(Cl)cc1Br)NC1CCC(O)CC1. The Balaban J connectivity index is 1.77. The Morgan fingerprint density at radius 1 is 1.40 bits per heavy atom. The van der Waals surface area contributed by atoms with E-state index >= 15 is 0 Å². The lowest BCUT2D eigenvalue weighted by Crippen LogP contribution is -2.40. The van der Waals surface area contributed by atoms with Crippen LogP contribution >= 0.6 is 27.5 Å². The van der Waals surface area contributed by atoms with Crippen molar-refractivity contribution >= 4 is 33.4 Å². The van der Waals surface area contributed by atoms with E-state index in [0.29, 0.717) is 10.8 Å². The summed E-state index contributed by atoms with van der Waals surface area (Å²) in [6, 6.07) is 5.29. The Morgan fingerprint density at radius 3 is 2.75 bits per heavy atom. The van der Waals surface area contributed by atoms with Gasteiger partial charge in [-0.3, -0.25) is 4.79 Å². The Labute approximate surface area is 131 Å². The molecule has 1 aliphatic carbocycles. The molecule has 2 rings (SSSR count). The van der Waals surface area contributed by atoms with Crippen LogP contribution in [0.25, 0.3) is 0 Å². The van der Waals surface area contributed by atoms with E-state index in [1.807, 2.05) is 0 Å². The molecule has 1 aromatic rings. The van der Waals surface area contributed by atoms with E-state index in [0.717, 1.165) is 30.2 Å².